The van der Waals surface area contributed by atoms with Crippen LogP contribution in [-0.2, 0) is 4.74 Å². The zero-order chi connectivity index (χ0) is 16.9. The van der Waals surface area contributed by atoms with Gasteiger partial charge in [0.05, 0.1) is 6.04 Å². The number of nitrogens with two attached hydrogens (primary N) is 1. The number of benzene rings is 1. The molecule has 0 spiro atoms. The first-order valence-corrected chi connectivity index (χ1v) is 8.72. The smallest absolute Gasteiger partial charge is 0.189 e. The molecule has 0 radical (unpaired) electrons. The van der Waals surface area contributed by atoms with Gasteiger partial charge < -0.3 is 15.8 Å². The summed E-state index contributed by atoms with van der Waals surface area (Å²) in [5.74, 6) is 0.451. The fraction of sp³-hybridized carbons (Fsp3) is 0.588. The topological polar surface area (TPSA) is 59.6 Å². The summed E-state index contributed by atoms with van der Waals surface area (Å²) < 4.78 is 5.20. The first-order chi connectivity index (χ1) is 11.0. The lowest BCUT2D eigenvalue weighted by atomic mass is 9.67. The van der Waals surface area contributed by atoms with Gasteiger partial charge in [0.2, 0.25) is 0 Å². The van der Waals surface area contributed by atoms with Crippen LogP contribution in [0, 0.1) is 5.41 Å². The Labute approximate surface area is 171 Å². The van der Waals surface area contributed by atoms with Crippen LogP contribution in [0.2, 0.25) is 10.0 Å². The lowest BCUT2D eigenvalue weighted by Crippen LogP contribution is -2.38. The number of hydrogen-bond acceptors (Lipinski definition) is 2. The predicted octanol–water partition coefficient (Wildman–Crippen LogP) is 4.78. The van der Waals surface area contributed by atoms with Crippen molar-refractivity contribution < 1.29 is 4.74 Å². The number of nitrogens with one attached hydrogen (secondary N) is 1. The van der Waals surface area contributed by atoms with Gasteiger partial charge in [-0.05, 0) is 49.3 Å². The van der Waals surface area contributed by atoms with Crippen LogP contribution in [0.5, 0.6) is 0 Å². The second-order valence-electron chi connectivity index (χ2n) is 6.33. The minimum atomic E-state index is -0.0279. The van der Waals surface area contributed by atoms with Crippen LogP contribution < -0.4 is 11.1 Å². The van der Waals surface area contributed by atoms with Crippen LogP contribution in [0.1, 0.15) is 44.2 Å². The number of methoxy groups -OCH3 is 1. The van der Waals surface area contributed by atoms with Gasteiger partial charge in [-0.2, -0.15) is 0 Å². The SMILES string of the molecule is COCCC1(CN=C(N)NC(C)c2ccc(Cl)cc2Cl)CCC1.I. The van der Waals surface area contributed by atoms with Crippen molar-refractivity contribution in [3.05, 3.63) is 33.8 Å². The molecule has 1 saturated carbocycles. The average Bonchev–Trinajstić information content (AvgIpc) is 2.45. The molecular formula is C17H26Cl2IN3O. The molecule has 0 heterocycles. The summed E-state index contributed by atoms with van der Waals surface area (Å²) >= 11 is 12.2. The average molecular weight is 486 g/mol. The molecule has 4 nitrogen and oxygen atoms in total. The van der Waals surface area contributed by atoms with E-state index in [1.165, 1.54) is 19.3 Å². The number of aliphatic imine (C=N–C) groups is 1. The van der Waals surface area contributed by atoms with Crippen molar-refractivity contribution in [2.24, 2.45) is 16.1 Å². The normalized spacial score (nSPS) is 17.6. The fourth-order valence-electron chi connectivity index (χ4n) is 2.93. The van der Waals surface area contributed by atoms with Crippen molar-refractivity contribution in [3.63, 3.8) is 0 Å². The highest BCUT2D eigenvalue weighted by molar-refractivity contribution is 14.0. The molecule has 1 aliphatic rings. The molecule has 0 aliphatic heterocycles. The molecular weight excluding hydrogens is 460 g/mol. The molecule has 0 amide bonds. The number of rotatable bonds is 7. The molecule has 7 heteroatoms. The van der Waals surface area contributed by atoms with Gasteiger partial charge in [0, 0.05) is 30.3 Å². The molecule has 3 N–H and O–H groups in total. The minimum absolute atomic E-state index is 0. The molecule has 1 aromatic carbocycles. The summed E-state index contributed by atoms with van der Waals surface area (Å²) in [4.78, 5) is 4.54. The van der Waals surface area contributed by atoms with Crippen molar-refractivity contribution in [2.45, 2.75) is 38.6 Å². The van der Waals surface area contributed by atoms with E-state index in [2.05, 4.69) is 10.3 Å². The van der Waals surface area contributed by atoms with Crippen molar-refractivity contribution in [3.8, 4) is 0 Å². The quantitative estimate of drug-likeness (QED) is 0.332. The summed E-state index contributed by atoms with van der Waals surface area (Å²) in [5, 5.41) is 4.45. The Kier molecular flexibility index (Phi) is 9.12. The van der Waals surface area contributed by atoms with E-state index >= 15 is 0 Å². The zero-order valence-electron chi connectivity index (χ0n) is 14.1. The maximum absolute atomic E-state index is 6.23. The third kappa shape index (κ3) is 5.93. The molecule has 0 saturated heterocycles. The highest BCUT2D eigenvalue weighted by Gasteiger charge is 2.36. The van der Waals surface area contributed by atoms with Gasteiger partial charge >= 0.3 is 0 Å². The van der Waals surface area contributed by atoms with E-state index in [0.29, 0.717) is 16.0 Å². The Morgan fingerprint density at radius 2 is 2.12 bits per heavy atom. The first-order valence-electron chi connectivity index (χ1n) is 7.96. The van der Waals surface area contributed by atoms with Crippen molar-refractivity contribution >= 4 is 53.1 Å². The molecule has 1 unspecified atom stereocenters. The molecule has 1 fully saturated rings. The van der Waals surface area contributed by atoms with Crippen molar-refractivity contribution in [1.82, 2.24) is 5.32 Å². The van der Waals surface area contributed by atoms with Gasteiger partial charge in [-0.3, -0.25) is 4.99 Å². The summed E-state index contributed by atoms with van der Waals surface area (Å²) in [7, 11) is 1.74. The van der Waals surface area contributed by atoms with E-state index in [4.69, 9.17) is 33.7 Å². The maximum atomic E-state index is 6.23. The number of halogens is 3. The third-order valence-corrected chi connectivity index (χ3v) is 5.19. The molecule has 0 bridgehead atoms. The number of guanidine groups is 1. The van der Waals surface area contributed by atoms with Gasteiger partial charge in [0.1, 0.15) is 0 Å². The predicted molar refractivity (Wildman–Crippen MR) is 113 cm³/mol. The third-order valence-electron chi connectivity index (χ3n) is 4.63. The van der Waals surface area contributed by atoms with Crippen LogP contribution in [0.3, 0.4) is 0 Å². The lowest BCUT2D eigenvalue weighted by Gasteiger charge is -2.40. The molecule has 0 aromatic heterocycles. The number of hydrogen-bond donors (Lipinski definition) is 2. The minimum Gasteiger partial charge on any atom is -0.385 e. The van der Waals surface area contributed by atoms with E-state index in [-0.39, 0.29) is 35.4 Å². The van der Waals surface area contributed by atoms with E-state index in [0.717, 1.165) is 25.1 Å². The highest BCUT2D eigenvalue weighted by Crippen LogP contribution is 2.44. The van der Waals surface area contributed by atoms with Crippen molar-refractivity contribution in [1.29, 1.82) is 0 Å². The van der Waals surface area contributed by atoms with E-state index in [9.17, 15) is 0 Å². The Balaban J connectivity index is 0.00000288. The van der Waals surface area contributed by atoms with Crippen molar-refractivity contribution in [2.75, 3.05) is 20.3 Å². The summed E-state index contributed by atoms with van der Waals surface area (Å²) in [5.41, 5.74) is 7.26. The Morgan fingerprint density at radius 3 is 2.67 bits per heavy atom. The second kappa shape index (κ2) is 10.0. The van der Waals surface area contributed by atoms with Gasteiger partial charge in [-0.25, -0.2) is 0 Å². The summed E-state index contributed by atoms with van der Waals surface area (Å²) in [6.45, 7) is 3.53. The lowest BCUT2D eigenvalue weighted by molar-refractivity contribution is 0.0779. The van der Waals surface area contributed by atoms with Crippen LogP contribution in [0.15, 0.2) is 23.2 Å². The molecule has 1 aromatic rings. The Hall–Kier alpha value is -0.240. The van der Waals surface area contributed by atoms with Crippen LogP contribution in [0.4, 0.5) is 0 Å². The van der Waals surface area contributed by atoms with E-state index in [1.807, 2.05) is 19.1 Å². The fourth-order valence-corrected chi connectivity index (χ4v) is 3.51. The van der Waals surface area contributed by atoms with Gasteiger partial charge in [0.15, 0.2) is 5.96 Å². The van der Waals surface area contributed by atoms with Crippen LogP contribution in [-0.4, -0.2) is 26.2 Å². The summed E-state index contributed by atoms with van der Waals surface area (Å²) in [6, 6.07) is 5.43. The summed E-state index contributed by atoms with van der Waals surface area (Å²) in [6.07, 6.45) is 4.71. The van der Waals surface area contributed by atoms with Gasteiger partial charge in [-0.15, -0.1) is 24.0 Å². The first kappa shape index (κ1) is 21.8. The number of ether oxygens (including phenoxy) is 1. The van der Waals surface area contributed by atoms with E-state index in [1.54, 1.807) is 13.2 Å². The maximum Gasteiger partial charge on any atom is 0.189 e. The molecule has 1 aliphatic carbocycles. The highest BCUT2D eigenvalue weighted by atomic mass is 127. The van der Waals surface area contributed by atoms with Gasteiger partial charge in [0.25, 0.3) is 0 Å². The molecule has 136 valence electrons. The standard InChI is InChI=1S/C17H25Cl2N3O.HI/c1-12(14-5-4-13(18)10-15(14)19)22-16(20)21-11-17(6-3-7-17)8-9-23-2;/h4-5,10,12H,3,6-9,11H2,1-2H3,(H3,20,21,22);1H. The molecule has 2 rings (SSSR count). The number of nitrogens with zero attached hydrogens (tertiary/aromatic N) is 1. The Morgan fingerprint density at radius 1 is 1.42 bits per heavy atom. The second-order valence-corrected chi connectivity index (χ2v) is 7.17. The zero-order valence-corrected chi connectivity index (χ0v) is 18.0. The van der Waals surface area contributed by atoms with Gasteiger partial charge in [-0.1, -0.05) is 35.7 Å². The van der Waals surface area contributed by atoms with Crippen LogP contribution >= 0.6 is 47.2 Å². The Bertz CT molecular complexity index is 565. The monoisotopic (exact) mass is 485 g/mol. The largest absolute Gasteiger partial charge is 0.385 e. The van der Waals surface area contributed by atoms with Crippen LogP contribution in [0.25, 0.3) is 0 Å². The van der Waals surface area contributed by atoms with E-state index < -0.39 is 0 Å². The molecule has 1 atom stereocenters. The molecule has 24 heavy (non-hydrogen) atoms.